The molecule has 1 fully saturated rings. The second-order valence-electron chi connectivity index (χ2n) is 4.79. The van der Waals surface area contributed by atoms with Crippen molar-refractivity contribution in [2.45, 2.75) is 39.2 Å². The van der Waals surface area contributed by atoms with E-state index in [1.807, 2.05) is 18.7 Å². The van der Waals surface area contributed by atoms with Crippen molar-refractivity contribution in [2.75, 3.05) is 19.6 Å². The van der Waals surface area contributed by atoms with Gasteiger partial charge >= 0.3 is 5.97 Å². The Morgan fingerprint density at radius 2 is 2.24 bits per heavy atom. The van der Waals surface area contributed by atoms with Crippen LogP contribution in [0.1, 0.15) is 33.1 Å². The fraction of sp³-hybridized carbons (Fsp3) is 0.833. The molecule has 98 valence electrons. The van der Waals surface area contributed by atoms with Gasteiger partial charge in [-0.3, -0.25) is 14.5 Å². The van der Waals surface area contributed by atoms with Gasteiger partial charge in [0.05, 0.1) is 12.5 Å². The van der Waals surface area contributed by atoms with E-state index in [4.69, 9.17) is 5.11 Å². The molecule has 1 saturated heterocycles. The second kappa shape index (κ2) is 6.59. The highest BCUT2D eigenvalue weighted by Crippen LogP contribution is 2.16. The fourth-order valence-electron chi connectivity index (χ4n) is 2.03. The average Bonchev–Trinajstić information content (AvgIpc) is 2.28. The van der Waals surface area contributed by atoms with Crippen LogP contribution >= 0.6 is 0 Å². The smallest absolute Gasteiger partial charge is 0.307 e. The van der Waals surface area contributed by atoms with Gasteiger partial charge in [-0.05, 0) is 32.7 Å². The van der Waals surface area contributed by atoms with E-state index in [1.54, 1.807) is 0 Å². The highest BCUT2D eigenvalue weighted by atomic mass is 16.4. The summed E-state index contributed by atoms with van der Waals surface area (Å²) in [4.78, 5) is 24.5. The monoisotopic (exact) mass is 242 g/mol. The largest absolute Gasteiger partial charge is 0.481 e. The van der Waals surface area contributed by atoms with Crippen LogP contribution in [0.3, 0.4) is 0 Å². The van der Waals surface area contributed by atoms with Gasteiger partial charge < -0.3 is 10.4 Å². The summed E-state index contributed by atoms with van der Waals surface area (Å²) in [6.45, 7) is 5.61. The van der Waals surface area contributed by atoms with Crippen LogP contribution in [0.2, 0.25) is 0 Å². The lowest BCUT2D eigenvalue weighted by atomic mass is 9.98. The highest BCUT2D eigenvalue weighted by molar-refractivity contribution is 5.78. The Bertz CT molecular complexity index is 281. The topological polar surface area (TPSA) is 69.6 Å². The molecule has 0 aromatic heterocycles. The first kappa shape index (κ1) is 14.0. The van der Waals surface area contributed by atoms with Gasteiger partial charge in [0.1, 0.15) is 0 Å². The molecule has 5 nitrogen and oxygen atoms in total. The molecule has 0 spiro atoms. The van der Waals surface area contributed by atoms with Gasteiger partial charge in [-0.1, -0.05) is 6.92 Å². The summed E-state index contributed by atoms with van der Waals surface area (Å²) in [5, 5.41) is 11.8. The number of aliphatic carboxylic acids is 1. The predicted octanol–water partition coefficient (Wildman–Crippen LogP) is 0.698. The maximum absolute atomic E-state index is 11.7. The van der Waals surface area contributed by atoms with Gasteiger partial charge in [0.15, 0.2) is 0 Å². The van der Waals surface area contributed by atoms with Crippen molar-refractivity contribution in [1.82, 2.24) is 10.2 Å². The van der Waals surface area contributed by atoms with Crippen LogP contribution in [0.25, 0.3) is 0 Å². The molecule has 1 heterocycles. The molecule has 0 saturated carbocycles. The molecule has 2 N–H and O–H groups in total. The highest BCUT2D eigenvalue weighted by Gasteiger charge is 2.26. The summed E-state index contributed by atoms with van der Waals surface area (Å²) in [7, 11) is 0. The number of carboxylic acids is 1. The Hall–Kier alpha value is -1.10. The summed E-state index contributed by atoms with van der Waals surface area (Å²) >= 11 is 0. The lowest BCUT2D eigenvalue weighted by Gasteiger charge is -2.30. The Morgan fingerprint density at radius 3 is 2.82 bits per heavy atom. The number of amides is 1. The average molecular weight is 242 g/mol. The predicted molar refractivity (Wildman–Crippen MR) is 64.7 cm³/mol. The van der Waals surface area contributed by atoms with Crippen molar-refractivity contribution >= 4 is 11.9 Å². The van der Waals surface area contributed by atoms with Crippen LogP contribution < -0.4 is 5.32 Å². The van der Waals surface area contributed by atoms with Crippen LogP contribution in [-0.2, 0) is 9.59 Å². The number of carboxylic acid groups (broad SMARTS) is 1. The standard InChI is InChI=1S/C12H22N2O3/c1-3-9(2)13-11(15)8-14-6-4-5-10(7-14)12(16)17/h9-10H,3-8H2,1-2H3,(H,13,15)(H,16,17)/t9-,10-/m0/s1. The van der Waals surface area contributed by atoms with Crippen molar-refractivity contribution < 1.29 is 14.7 Å². The number of hydrogen-bond acceptors (Lipinski definition) is 3. The van der Waals surface area contributed by atoms with Crippen molar-refractivity contribution in [3.05, 3.63) is 0 Å². The minimum absolute atomic E-state index is 0.00890. The zero-order valence-corrected chi connectivity index (χ0v) is 10.6. The van der Waals surface area contributed by atoms with E-state index < -0.39 is 5.97 Å². The number of nitrogens with zero attached hydrogens (tertiary/aromatic N) is 1. The SMILES string of the molecule is CC[C@H](C)NC(=O)CN1CCC[C@H](C(=O)O)C1. The lowest BCUT2D eigenvalue weighted by Crippen LogP contribution is -2.45. The fourth-order valence-corrected chi connectivity index (χ4v) is 2.03. The Kier molecular flexibility index (Phi) is 5.41. The quantitative estimate of drug-likeness (QED) is 0.744. The number of likely N-dealkylation sites (tertiary alicyclic amines) is 1. The molecule has 1 aliphatic rings. The number of piperidine rings is 1. The lowest BCUT2D eigenvalue weighted by molar-refractivity contribution is -0.144. The second-order valence-corrected chi connectivity index (χ2v) is 4.79. The number of carbonyl (C=O) groups is 2. The first-order chi connectivity index (χ1) is 8.02. The Labute approximate surface area is 102 Å². The van der Waals surface area contributed by atoms with Crippen molar-refractivity contribution in [3.8, 4) is 0 Å². The van der Waals surface area contributed by atoms with Crippen LogP contribution in [0.5, 0.6) is 0 Å². The first-order valence-electron chi connectivity index (χ1n) is 6.27. The van der Waals surface area contributed by atoms with Gasteiger partial charge in [-0.2, -0.15) is 0 Å². The van der Waals surface area contributed by atoms with E-state index in [0.717, 1.165) is 25.8 Å². The van der Waals surface area contributed by atoms with Crippen molar-refractivity contribution in [1.29, 1.82) is 0 Å². The van der Waals surface area contributed by atoms with Gasteiger partial charge in [0.25, 0.3) is 0 Å². The van der Waals surface area contributed by atoms with Crippen molar-refractivity contribution in [2.24, 2.45) is 5.92 Å². The maximum atomic E-state index is 11.7. The molecular formula is C12H22N2O3. The summed E-state index contributed by atoms with van der Waals surface area (Å²) in [5.41, 5.74) is 0. The molecule has 5 heteroatoms. The van der Waals surface area contributed by atoms with E-state index in [2.05, 4.69) is 5.32 Å². The van der Waals surface area contributed by atoms with Gasteiger partial charge in [-0.15, -0.1) is 0 Å². The van der Waals surface area contributed by atoms with E-state index in [9.17, 15) is 9.59 Å². The maximum Gasteiger partial charge on any atom is 0.307 e. The summed E-state index contributed by atoms with van der Waals surface area (Å²) in [6.07, 6.45) is 2.48. The third-order valence-corrected chi connectivity index (χ3v) is 3.24. The van der Waals surface area contributed by atoms with E-state index in [0.29, 0.717) is 13.1 Å². The van der Waals surface area contributed by atoms with E-state index >= 15 is 0 Å². The zero-order chi connectivity index (χ0) is 12.8. The number of hydrogen-bond donors (Lipinski definition) is 2. The van der Waals surface area contributed by atoms with Crippen LogP contribution in [0.15, 0.2) is 0 Å². The number of nitrogens with one attached hydrogen (secondary N) is 1. The number of carbonyl (C=O) groups excluding carboxylic acids is 1. The first-order valence-corrected chi connectivity index (χ1v) is 6.27. The minimum atomic E-state index is -0.753. The zero-order valence-electron chi connectivity index (χ0n) is 10.6. The molecule has 0 radical (unpaired) electrons. The van der Waals surface area contributed by atoms with Crippen LogP contribution in [0, 0.1) is 5.92 Å². The molecule has 1 amide bonds. The number of rotatable bonds is 5. The van der Waals surface area contributed by atoms with E-state index in [-0.39, 0.29) is 17.9 Å². The molecule has 1 aliphatic heterocycles. The molecule has 0 aromatic carbocycles. The van der Waals surface area contributed by atoms with E-state index in [1.165, 1.54) is 0 Å². The minimum Gasteiger partial charge on any atom is -0.481 e. The summed E-state index contributed by atoms with van der Waals surface area (Å²) < 4.78 is 0. The Balaban J connectivity index is 2.35. The van der Waals surface area contributed by atoms with Gasteiger partial charge in [-0.25, -0.2) is 0 Å². The summed E-state index contributed by atoms with van der Waals surface area (Å²) in [6, 6.07) is 0.183. The molecule has 17 heavy (non-hydrogen) atoms. The molecule has 0 aliphatic carbocycles. The molecule has 0 bridgehead atoms. The molecular weight excluding hydrogens is 220 g/mol. The third-order valence-electron chi connectivity index (χ3n) is 3.24. The van der Waals surface area contributed by atoms with Crippen LogP contribution in [0.4, 0.5) is 0 Å². The molecule has 0 aromatic rings. The Morgan fingerprint density at radius 1 is 1.53 bits per heavy atom. The summed E-state index contributed by atoms with van der Waals surface area (Å²) in [5.74, 6) is -1.08. The third kappa shape index (κ3) is 4.73. The van der Waals surface area contributed by atoms with Gasteiger partial charge in [0.2, 0.25) is 5.91 Å². The van der Waals surface area contributed by atoms with Gasteiger partial charge in [0, 0.05) is 12.6 Å². The molecule has 1 rings (SSSR count). The molecule has 0 unspecified atom stereocenters. The van der Waals surface area contributed by atoms with Crippen LogP contribution in [-0.4, -0.2) is 47.6 Å². The van der Waals surface area contributed by atoms with Crippen molar-refractivity contribution in [3.63, 3.8) is 0 Å². The molecule has 2 atom stereocenters. The normalized spacial score (nSPS) is 23.1.